The lowest BCUT2D eigenvalue weighted by molar-refractivity contribution is -0.134. The summed E-state index contributed by atoms with van der Waals surface area (Å²) >= 11 is 1.21. The molecule has 0 bridgehead atoms. The van der Waals surface area contributed by atoms with E-state index >= 15 is 0 Å². The van der Waals surface area contributed by atoms with Gasteiger partial charge < -0.3 is 19.9 Å². The normalized spacial score (nSPS) is 14.2. The lowest BCUT2D eigenvalue weighted by Gasteiger charge is -2.39. The number of fused-ring (bicyclic) bond motifs is 1. The molecule has 12 heteroatoms. The summed E-state index contributed by atoms with van der Waals surface area (Å²) in [4.78, 5) is 61.5. The van der Waals surface area contributed by atoms with Crippen LogP contribution >= 0.6 is 11.8 Å². The molecule has 1 aliphatic heterocycles. The van der Waals surface area contributed by atoms with Gasteiger partial charge in [0.15, 0.2) is 0 Å². The highest BCUT2D eigenvalue weighted by molar-refractivity contribution is 7.99. The Morgan fingerprint density at radius 1 is 0.872 bits per heavy atom. The number of pyridine rings is 3. The molecule has 2 N–H and O–H groups in total. The molecule has 1 atom stereocenters. The molecule has 1 aromatic carbocycles. The van der Waals surface area contributed by atoms with Gasteiger partial charge in [-0.15, -0.1) is 0 Å². The second kappa shape index (κ2) is 14.6. The van der Waals surface area contributed by atoms with Crippen LogP contribution in [0.15, 0.2) is 101 Å². The second-order valence-electron chi connectivity index (χ2n) is 11.0. The van der Waals surface area contributed by atoms with Crippen molar-refractivity contribution in [2.24, 2.45) is 0 Å². The molecule has 11 nitrogen and oxygen atoms in total. The highest BCUT2D eigenvalue weighted by Gasteiger charge is 2.32. The first-order chi connectivity index (χ1) is 22.9. The van der Waals surface area contributed by atoms with Crippen LogP contribution in [0.3, 0.4) is 0 Å². The molecular weight excluding hydrogens is 614 g/mol. The summed E-state index contributed by atoms with van der Waals surface area (Å²) in [7, 11) is 0. The Bertz CT molecular complexity index is 1820. The first-order valence-electron chi connectivity index (χ1n) is 15.5. The van der Waals surface area contributed by atoms with E-state index in [-0.39, 0.29) is 24.2 Å². The van der Waals surface area contributed by atoms with Crippen LogP contribution in [0, 0.1) is 0 Å². The summed E-state index contributed by atoms with van der Waals surface area (Å²) in [5.74, 6) is -1.08. The predicted octanol–water partition coefficient (Wildman–Crippen LogP) is 4.73. The van der Waals surface area contributed by atoms with Gasteiger partial charge in [0.2, 0.25) is 5.91 Å². The van der Waals surface area contributed by atoms with E-state index in [1.54, 1.807) is 49.5 Å². The number of H-pyrrole nitrogens is 1. The smallest absolute Gasteiger partial charge is 0.340 e. The molecule has 0 saturated carbocycles. The summed E-state index contributed by atoms with van der Waals surface area (Å²) in [5, 5.41) is 4.12. The van der Waals surface area contributed by atoms with Crippen molar-refractivity contribution in [3.05, 3.63) is 114 Å². The van der Waals surface area contributed by atoms with Gasteiger partial charge in [-0.2, -0.15) is 0 Å². The third kappa shape index (κ3) is 7.03. The van der Waals surface area contributed by atoms with E-state index in [4.69, 9.17) is 4.74 Å². The average molecular weight is 650 g/mol. The fourth-order valence-electron chi connectivity index (χ4n) is 5.72. The molecule has 0 radical (unpaired) electrons. The largest absolute Gasteiger partial charge is 0.462 e. The van der Waals surface area contributed by atoms with Gasteiger partial charge in [-0.25, -0.2) is 9.78 Å². The molecule has 0 unspecified atom stereocenters. The molecular formula is C35H35N7O4S. The van der Waals surface area contributed by atoms with E-state index in [1.807, 2.05) is 60.7 Å². The first kappa shape index (κ1) is 31.9. The number of carbonyl (C=O) groups excluding carboxylic acids is 3. The second-order valence-corrected chi connectivity index (χ2v) is 12.0. The molecule has 2 amide bonds. The molecule has 1 fully saturated rings. The maximum atomic E-state index is 13.7. The quantitative estimate of drug-likeness (QED) is 0.206. The van der Waals surface area contributed by atoms with E-state index < -0.39 is 17.9 Å². The molecule has 6 rings (SSSR count). The van der Waals surface area contributed by atoms with Crippen molar-refractivity contribution in [3.63, 3.8) is 0 Å². The molecule has 0 spiro atoms. The summed E-state index contributed by atoms with van der Waals surface area (Å²) < 4.78 is 5.22. The summed E-state index contributed by atoms with van der Waals surface area (Å²) in [5.41, 5.74) is 3.15. The van der Waals surface area contributed by atoms with Crippen LogP contribution in [0.5, 0.6) is 0 Å². The van der Waals surface area contributed by atoms with E-state index in [0.717, 1.165) is 22.3 Å². The van der Waals surface area contributed by atoms with Crippen LogP contribution < -0.4 is 5.32 Å². The van der Waals surface area contributed by atoms with Crippen molar-refractivity contribution in [1.29, 1.82) is 0 Å². The first-order valence-corrected chi connectivity index (χ1v) is 16.3. The monoisotopic (exact) mass is 649 g/mol. The maximum absolute atomic E-state index is 13.7. The van der Waals surface area contributed by atoms with E-state index in [2.05, 4.69) is 30.2 Å². The number of nitrogens with one attached hydrogen (secondary N) is 2. The molecule has 5 heterocycles. The minimum absolute atomic E-state index is 0.131. The van der Waals surface area contributed by atoms with Gasteiger partial charge in [0.25, 0.3) is 5.91 Å². The zero-order chi connectivity index (χ0) is 32.8. The van der Waals surface area contributed by atoms with E-state index in [1.165, 1.54) is 11.8 Å². The number of hydrogen-bond acceptors (Lipinski definition) is 9. The number of rotatable bonds is 10. The molecule has 1 aliphatic rings. The third-order valence-corrected chi connectivity index (χ3v) is 9.14. The van der Waals surface area contributed by atoms with Crippen molar-refractivity contribution in [2.45, 2.75) is 35.9 Å². The molecule has 4 aromatic heterocycles. The minimum Gasteiger partial charge on any atom is -0.462 e. The number of aromatic nitrogens is 4. The standard InChI is InChI=1S/C35H35N7O4S/c1-3-46-35(45)25-12-10-18-38-33(25)47-31-24-11-4-5-13-26(24)40-29(31)32(43)39-23(2)34(44)42-21-19-41(20-22-42)30(27-14-6-8-16-36-27)28-15-7-9-17-37-28/h4-18,23,30,40H,3,19-22H2,1-2H3,(H,39,43)/t23-/m1/s1. The van der Waals surface area contributed by atoms with Gasteiger partial charge in [0, 0.05) is 55.7 Å². The van der Waals surface area contributed by atoms with Crippen LogP contribution in [0.2, 0.25) is 0 Å². The number of esters is 1. The number of hydrogen-bond donors (Lipinski definition) is 2. The van der Waals surface area contributed by atoms with Crippen LogP contribution in [0.4, 0.5) is 0 Å². The van der Waals surface area contributed by atoms with Gasteiger partial charge in [0.05, 0.1) is 34.5 Å². The zero-order valence-corrected chi connectivity index (χ0v) is 26.9. The average Bonchev–Trinajstić information content (AvgIpc) is 3.48. The van der Waals surface area contributed by atoms with E-state index in [9.17, 15) is 14.4 Å². The molecule has 0 aliphatic carbocycles. The van der Waals surface area contributed by atoms with Crippen molar-refractivity contribution in [2.75, 3.05) is 32.8 Å². The number of carbonyl (C=O) groups is 3. The Morgan fingerprint density at radius 2 is 1.53 bits per heavy atom. The number of aromatic amines is 1. The van der Waals surface area contributed by atoms with E-state index in [0.29, 0.717) is 41.7 Å². The Kier molecular flexibility index (Phi) is 9.89. The fraction of sp³-hybridized carbons (Fsp3) is 0.257. The Balaban J connectivity index is 1.16. The van der Waals surface area contributed by atoms with Crippen LogP contribution in [0.25, 0.3) is 10.9 Å². The Hall–Kier alpha value is -5.07. The highest BCUT2D eigenvalue weighted by atomic mass is 32.2. The van der Waals surface area contributed by atoms with Crippen molar-refractivity contribution < 1.29 is 19.1 Å². The van der Waals surface area contributed by atoms with Gasteiger partial charge in [-0.1, -0.05) is 42.1 Å². The minimum atomic E-state index is -0.773. The lowest BCUT2D eigenvalue weighted by atomic mass is 10.1. The summed E-state index contributed by atoms with van der Waals surface area (Å²) in [6.07, 6.45) is 5.15. The van der Waals surface area contributed by atoms with Crippen molar-refractivity contribution in [3.8, 4) is 0 Å². The van der Waals surface area contributed by atoms with Crippen molar-refractivity contribution in [1.82, 2.24) is 35.1 Å². The topological polar surface area (TPSA) is 133 Å². The van der Waals surface area contributed by atoms with Crippen LogP contribution in [-0.2, 0) is 9.53 Å². The highest BCUT2D eigenvalue weighted by Crippen LogP contribution is 2.37. The van der Waals surface area contributed by atoms with Crippen molar-refractivity contribution >= 4 is 40.4 Å². The maximum Gasteiger partial charge on any atom is 0.340 e. The number of amides is 2. The summed E-state index contributed by atoms with van der Waals surface area (Å²) in [6.45, 7) is 5.92. The summed E-state index contributed by atoms with van der Waals surface area (Å²) in [6, 6.07) is 21.6. The molecule has 47 heavy (non-hydrogen) atoms. The molecule has 5 aromatic rings. The van der Waals surface area contributed by atoms with Gasteiger partial charge in [-0.3, -0.25) is 24.5 Å². The Morgan fingerprint density at radius 3 is 2.19 bits per heavy atom. The number of nitrogens with zero attached hydrogens (tertiary/aromatic N) is 5. The number of ether oxygens (including phenoxy) is 1. The van der Waals surface area contributed by atoms with Gasteiger partial charge in [0.1, 0.15) is 16.8 Å². The fourth-order valence-corrected chi connectivity index (χ4v) is 6.82. The van der Waals surface area contributed by atoms with Gasteiger partial charge >= 0.3 is 5.97 Å². The molecule has 240 valence electrons. The lowest BCUT2D eigenvalue weighted by Crippen LogP contribution is -2.54. The number of piperazine rings is 1. The molecule has 1 saturated heterocycles. The third-order valence-electron chi connectivity index (χ3n) is 8.00. The van der Waals surface area contributed by atoms with Gasteiger partial charge in [-0.05, 0) is 56.3 Å². The van der Waals surface area contributed by atoms with Crippen LogP contribution in [0.1, 0.15) is 52.1 Å². The SMILES string of the molecule is CCOC(=O)c1cccnc1Sc1c(C(=O)N[C@H](C)C(=O)N2CCN(C(c3ccccn3)c3ccccn3)CC2)[nH]c2ccccc12. The number of benzene rings is 1. The number of para-hydroxylation sites is 1. The van der Waals surface area contributed by atoms with Crippen LogP contribution in [-0.4, -0.2) is 86.3 Å². The predicted molar refractivity (Wildman–Crippen MR) is 178 cm³/mol. The zero-order valence-electron chi connectivity index (χ0n) is 26.1. The Labute approximate surface area is 276 Å².